The number of fused-ring (bicyclic) bond motifs is 2. The highest BCUT2D eigenvalue weighted by Crippen LogP contribution is 2.30. The van der Waals surface area contributed by atoms with Crippen LogP contribution in [-0.2, 0) is 22.6 Å². The molecule has 1 atom stereocenters. The van der Waals surface area contributed by atoms with Crippen LogP contribution in [0, 0.1) is 5.92 Å². The summed E-state index contributed by atoms with van der Waals surface area (Å²) in [7, 11) is 5.53. The van der Waals surface area contributed by atoms with E-state index in [1.807, 2.05) is 83.3 Å². The predicted octanol–water partition coefficient (Wildman–Crippen LogP) is 5.65. The van der Waals surface area contributed by atoms with Gasteiger partial charge in [0.05, 0.1) is 5.69 Å². The second-order valence-corrected chi connectivity index (χ2v) is 7.42. The van der Waals surface area contributed by atoms with E-state index in [1.165, 1.54) is 17.2 Å². The molecule has 0 bridgehead atoms. The van der Waals surface area contributed by atoms with E-state index in [4.69, 9.17) is 4.79 Å². The number of urea groups is 1. The number of para-hydroxylation sites is 2. The van der Waals surface area contributed by atoms with Crippen molar-refractivity contribution in [2.45, 2.75) is 40.2 Å². The van der Waals surface area contributed by atoms with Crippen LogP contribution >= 0.6 is 0 Å². The molecule has 2 heterocycles. The lowest BCUT2D eigenvalue weighted by Crippen LogP contribution is -2.35. The number of anilines is 1. The molecule has 0 spiro atoms. The lowest BCUT2D eigenvalue weighted by atomic mass is 9.97. The number of aliphatic imine (C=N–C) groups is 1. The Morgan fingerprint density at radius 1 is 1.15 bits per heavy atom. The van der Waals surface area contributed by atoms with E-state index < -0.39 is 0 Å². The van der Waals surface area contributed by atoms with Crippen LogP contribution in [0.4, 0.5) is 16.2 Å². The molecular formula is C27H42N4O3. The Balaban J connectivity index is -0.000000470. The largest absolute Gasteiger partial charge is 0.323 e. The fourth-order valence-corrected chi connectivity index (χ4v) is 3.21. The van der Waals surface area contributed by atoms with Crippen molar-refractivity contribution in [2.75, 3.05) is 26.5 Å². The van der Waals surface area contributed by atoms with Gasteiger partial charge in [-0.15, -0.1) is 0 Å². The van der Waals surface area contributed by atoms with Gasteiger partial charge in [-0.25, -0.2) is 9.59 Å². The van der Waals surface area contributed by atoms with Crippen LogP contribution in [0.5, 0.6) is 0 Å². The third-order valence-corrected chi connectivity index (χ3v) is 4.67. The van der Waals surface area contributed by atoms with E-state index in [1.54, 1.807) is 11.9 Å². The molecule has 2 aromatic rings. The van der Waals surface area contributed by atoms with Crippen molar-refractivity contribution in [1.29, 1.82) is 0 Å². The number of nitrogens with zero attached hydrogens (tertiary/aromatic N) is 2. The molecule has 1 unspecified atom stereocenters. The van der Waals surface area contributed by atoms with Crippen LogP contribution in [0.1, 0.15) is 46.7 Å². The van der Waals surface area contributed by atoms with Crippen molar-refractivity contribution in [3.63, 3.8) is 0 Å². The van der Waals surface area contributed by atoms with E-state index in [0.717, 1.165) is 29.8 Å². The molecule has 34 heavy (non-hydrogen) atoms. The molecule has 188 valence electrons. The molecule has 2 N–H and O–H groups in total. The zero-order valence-corrected chi connectivity index (χ0v) is 21.2. The van der Waals surface area contributed by atoms with Gasteiger partial charge in [0.2, 0.25) is 0 Å². The normalized spacial score (nSPS) is 14.6. The van der Waals surface area contributed by atoms with Crippen molar-refractivity contribution in [2.24, 2.45) is 10.9 Å². The van der Waals surface area contributed by atoms with Gasteiger partial charge in [0, 0.05) is 40.0 Å². The van der Waals surface area contributed by atoms with Gasteiger partial charge in [-0.05, 0) is 50.0 Å². The number of nitrogens with one attached hydrogen (secondary N) is 2. The zero-order chi connectivity index (χ0) is 25.9. The fraction of sp³-hybridized carbons (Fsp3) is 0.370. The van der Waals surface area contributed by atoms with Gasteiger partial charge in [-0.1, -0.05) is 57.2 Å². The molecule has 2 amide bonds. The highest BCUT2D eigenvalue weighted by atomic mass is 16.2. The molecule has 0 radical (unpaired) electrons. The predicted molar refractivity (Wildman–Crippen MR) is 147 cm³/mol. The van der Waals surface area contributed by atoms with Crippen molar-refractivity contribution in [3.05, 3.63) is 59.2 Å². The first-order chi connectivity index (χ1) is 16.5. The molecule has 7 nitrogen and oxygen atoms in total. The van der Waals surface area contributed by atoms with Gasteiger partial charge in [0.1, 0.15) is 12.7 Å². The number of rotatable bonds is 1. The molecule has 2 aromatic carbocycles. The minimum absolute atomic E-state index is 0. The number of benzene rings is 2. The van der Waals surface area contributed by atoms with E-state index in [-0.39, 0.29) is 8.88 Å². The number of amides is 2. The molecule has 0 aliphatic carbocycles. The number of hydrogen-bond donors (Lipinski definition) is 2. The Morgan fingerprint density at radius 2 is 1.76 bits per heavy atom. The maximum Gasteiger partial charge on any atom is 0.321 e. The zero-order valence-electron chi connectivity index (χ0n) is 21.2. The quantitative estimate of drug-likeness (QED) is 0.527. The number of hydrogen-bond acceptors (Lipinski definition) is 5. The van der Waals surface area contributed by atoms with Crippen LogP contribution in [0.25, 0.3) is 6.08 Å². The molecule has 0 saturated carbocycles. The summed E-state index contributed by atoms with van der Waals surface area (Å²) >= 11 is 0. The van der Waals surface area contributed by atoms with Crippen LogP contribution in [0.3, 0.4) is 0 Å². The summed E-state index contributed by atoms with van der Waals surface area (Å²) in [5.74, 6) is 2.43. The first kappa shape index (κ1) is 30.5. The van der Waals surface area contributed by atoms with Gasteiger partial charge in [-0.3, -0.25) is 4.99 Å². The fourth-order valence-electron chi connectivity index (χ4n) is 3.21. The minimum Gasteiger partial charge on any atom is -0.323 e. The van der Waals surface area contributed by atoms with Crippen LogP contribution in [-0.4, -0.2) is 51.0 Å². The van der Waals surface area contributed by atoms with Crippen molar-refractivity contribution >= 4 is 42.4 Å². The molecular weight excluding hydrogens is 428 g/mol. The van der Waals surface area contributed by atoms with Gasteiger partial charge < -0.3 is 20.3 Å². The topological polar surface area (TPSA) is 90.9 Å². The summed E-state index contributed by atoms with van der Waals surface area (Å²) in [4.78, 5) is 35.6. The second kappa shape index (κ2) is 18.0. The minimum atomic E-state index is -0.0336. The average molecular weight is 471 g/mol. The lowest BCUT2D eigenvalue weighted by molar-refractivity contribution is -0.0980. The molecule has 0 saturated heterocycles. The van der Waals surface area contributed by atoms with Gasteiger partial charge in [0.15, 0.2) is 0 Å². The molecule has 0 fully saturated rings. The first-order valence-corrected chi connectivity index (χ1v) is 11.3. The molecule has 4 rings (SSSR count). The Bertz CT molecular complexity index is 964. The standard InChI is InChI=1S/C13H13NO.C9H10N2O.C2H7N.C2H6.CH2O.2H2/c1-10-5-7-14-13-11(6-8-15)3-2-4-12(13)9-10;1-11-6-7-4-2-3-5-8(7)10-9(11)12;1-3-2;2*1-2;;/h2-4,6-7,10H,5,9H2,1H3;2-5H,6H2,1H3,(H,10,12);3H,1-2H3;1-2H3;1H2;2*1H. The summed E-state index contributed by atoms with van der Waals surface area (Å²) in [5.41, 5.74) is 5.12. The monoisotopic (exact) mass is 470 g/mol. The average Bonchev–Trinajstić information content (AvgIpc) is 3.05. The number of carbonyl (C=O) groups is 2. The third kappa shape index (κ3) is 9.94. The summed E-state index contributed by atoms with van der Waals surface area (Å²) in [6, 6.07) is 13.7. The lowest BCUT2D eigenvalue weighted by Gasteiger charge is -2.25. The SMILES string of the molecule is C=O.CC.CC1CC=Nc2c(C=C=O)cccc2C1.CN1Cc2ccccc2NC1=O.CNC.[HH].[HH]. The van der Waals surface area contributed by atoms with Gasteiger partial charge in [-0.2, -0.15) is 0 Å². The Kier molecular flexibility index (Phi) is 16.1. The summed E-state index contributed by atoms with van der Waals surface area (Å²) < 4.78 is 0. The van der Waals surface area contributed by atoms with E-state index >= 15 is 0 Å². The Morgan fingerprint density at radius 3 is 2.41 bits per heavy atom. The third-order valence-electron chi connectivity index (χ3n) is 4.67. The first-order valence-electron chi connectivity index (χ1n) is 11.3. The van der Waals surface area contributed by atoms with E-state index in [0.29, 0.717) is 12.5 Å². The van der Waals surface area contributed by atoms with Crippen LogP contribution in [0.2, 0.25) is 0 Å². The van der Waals surface area contributed by atoms with Gasteiger partial charge in [0.25, 0.3) is 0 Å². The van der Waals surface area contributed by atoms with E-state index in [2.05, 4.69) is 28.6 Å². The van der Waals surface area contributed by atoms with Crippen LogP contribution in [0.15, 0.2) is 47.5 Å². The Hall–Kier alpha value is -3.54. The van der Waals surface area contributed by atoms with Crippen molar-refractivity contribution in [1.82, 2.24) is 10.2 Å². The van der Waals surface area contributed by atoms with Crippen LogP contribution < -0.4 is 10.6 Å². The second-order valence-electron chi connectivity index (χ2n) is 7.42. The van der Waals surface area contributed by atoms with Crippen molar-refractivity contribution < 1.29 is 17.2 Å². The number of carbonyl (C=O) groups excluding carboxylic acids is 3. The highest BCUT2D eigenvalue weighted by molar-refractivity contribution is 5.92. The highest BCUT2D eigenvalue weighted by Gasteiger charge is 2.17. The summed E-state index contributed by atoms with van der Waals surface area (Å²) in [6.07, 6.45) is 5.42. The van der Waals surface area contributed by atoms with E-state index in [9.17, 15) is 9.59 Å². The summed E-state index contributed by atoms with van der Waals surface area (Å²) in [5, 5.41) is 5.55. The maximum absolute atomic E-state index is 11.2. The van der Waals surface area contributed by atoms with Gasteiger partial charge >= 0.3 is 6.03 Å². The van der Waals surface area contributed by atoms with Crippen molar-refractivity contribution in [3.8, 4) is 0 Å². The summed E-state index contributed by atoms with van der Waals surface area (Å²) in [6.45, 7) is 8.91. The molecule has 2 aliphatic rings. The molecule has 7 heteroatoms. The Labute approximate surface area is 206 Å². The maximum atomic E-state index is 11.2. The molecule has 0 aromatic heterocycles. The smallest absolute Gasteiger partial charge is 0.321 e. The molecule has 2 aliphatic heterocycles.